The average molecular weight is 463 g/mol. The Morgan fingerprint density at radius 2 is 2.06 bits per heavy atom. The second kappa shape index (κ2) is 9.04. The van der Waals surface area contributed by atoms with E-state index in [0.29, 0.717) is 25.4 Å². The van der Waals surface area contributed by atoms with Gasteiger partial charge in [-0.25, -0.2) is 9.18 Å². The normalized spacial score (nSPS) is 22.7. The number of hydrogen-bond acceptors (Lipinski definition) is 5. The van der Waals surface area contributed by atoms with Crippen molar-refractivity contribution in [2.24, 2.45) is 4.99 Å². The monoisotopic (exact) mass is 462 g/mol. The van der Waals surface area contributed by atoms with E-state index < -0.39 is 5.79 Å². The van der Waals surface area contributed by atoms with Crippen molar-refractivity contribution in [2.75, 3.05) is 25.0 Å². The molecule has 1 saturated heterocycles. The van der Waals surface area contributed by atoms with Gasteiger partial charge in [0.2, 0.25) is 0 Å². The van der Waals surface area contributed by atoms with Crippen LogP contribution in [-0.2, 0) is 9.47 Å². The van der Waals surface area contributed by atoms with Crippen LogP contribution in [-0.4, -0.2) is 48.4 Å². The minimum Gasteiger partial charge on any atom is -0.348 e. The maximum atomic E-state index is 13.3. The van der Waals surface area contributed by atoms with Gasteiger partial charge in [-0.1, -0.05) is 24.3 Å². The van der Waals surface area contributed by atoms with Crippen molar-refractivity contribution < 1.29 is 18.7 Å². The number of benzene rings is 2. The summed E-state index contributed by atoms with van der Waals surface area (Å²) in [5, 5.41) is 5.73. The number of halogens is 1. The molecular weight excluding hydrogens is 435 g/mol. The van der Waals surface area contributed by atoms with Crippen LogP contribution >= 0.6 is 0 Å². The first kappa shape index (κ1) is 22.3. The van der Waals surface area contributed by atoms with E-state index in [4.69, 9.17) is 14.5 Å². The van der Waals surface area contributed by atoms with Crippen LogP contribution in [0.2, 0.25) is 0 Å². The van der Waals surface area contributed by atoms with E-state index >= 15 is 0 Å². The summed E-state index contributed by atoms with van der Waals surface area (Å²) < 4.78 is 24.5. The number of nitrogens with one attached hydrogen (secondary N) is 2. The predicted octanol–water partition coefficient (Wildman–Crippen LogP) is 4.46. The zero-order valence-corrected chi connectivity index (χ0v) is 19.1. The Hall–Kier alpha value is -3.49. The highest BCUT2D eigenvalue weighted by molar-refractivity contribution is 6.04. The summed E-state index contributed by atoms with van der Waals surface area (Å²) in [6.07, 6.45) is 5.86. The number of fused-ring (bicyclic) bond motifs is 1. The third-order valence-electron chi connectivity index (χ3n) is 5.99. The number of aliphatic imine (C=N–C) groups is 1. The predicted molar refractivity (Wildman–Crippen MR) is 129 cm³/mol. The largest absolute Gasteiger partial charge is 0.348 e. The van der Waals surface area contributed by atoms with Gasteiger partial charge in [0, 0.05) is 18.4 Å². The van der Waals surface area contributed by atoms with E-state index in [0.717, 1.165) is 22.5 Å². The number of carbonyl (C=O) groups is 1. The van der Waals surface area contributed by atoms with Gasteiger partial charge in [0.25, 0.3) is 0 Å². The molecule has 3 aliphatic heterocycles. The van der Waals surface area contributed by atoms with E-state index in [1.54, 1.807) is 12.1 Å². The molecule has 8 heteroatoms. The Kier molecular flexibility index (Phi) is 5.93. The summed E-state index contributed by atoms with van der Waals surface area (Å²) in [7, 11) is 0. The highest BCUT2D eigenvalue weighted by atomic mass is 19.1. The van der Waals surface area contributed by atoms with Crippen LogP contribution in [0.15, 0.2) is 71.9 Å². The molecule has 0 spiro atoms. The molecule has 7 nitrogen and oxygen atoms in total. The molecule has 2 amide bonds. The number of nitrogens with zero attached hydrogens (tertiary/aromatic N) is 2. The Morgan fingerprint density at radius 3 is 2.82 bits per heavy atom. The average Bonchev–Trinajstić information content (AvgIpc) is 3.40. The maximum absolute atomic E-state index is 13.3. The van der Waals surface area contributed by atoms with Gasteiger partial charge in [-0.15, -0.1) is 0 Å². The van der Waals surface area contributed by atoms with Gasteiger partial charge in [0.05, 0.1) is 19.2 Å². The van der Waals surface area contributed by atoms with E-state index in [9.17, 15) is 9.18 Å². The van der Waals surface area contributed by atoms with Gasteiger partial charge < -0.3 is 25.0 Å². The van der Waals surface area contributed by atoms with Crippen LogP contribution in [0.3, 0.4) is 0 Å². The first-order valence-electron chi connectivity index (χ1n) is 11.3. The molecular formula is C26H27FN4O3. The smallest absolute Gasteiger partial charge is 0.319 e. The number of ether oxygens (including phenoxy) is 2. The second-order valence-electron chi connectivity index (χ2n) is 8.96. The number of anilines is 1. The van der Waals surface area contributed by atoms with Gasteiger partial charge in [-0.2, -0.15) is 0 Å². The SMILES string of the molecule is CC1(C)OCC(CNC(=O)Nc2cccc(C3CN=C4C=C(c5ccc(F)cc5)C=CN43)c2)O1. The lowest BCUT2D eigenvalue weighted by Crippen LogP contribution is -2.37. The zero-order valence-electron chi connectivity index (χ0n) is 19.1. The minimum absolute atomic E-state index is 0.0355. The quantitative estimate of drug-likeness (QED) is 0.688. The highest BCUT2D eigenvalue weighted by Crippen LogP contribution is 2.33. The van der Waals surface area contributed by atoms with E-state index in [2.05, 4.69) is 15.5 Å². The standard InChI is InChI=1S/C26H27FN4O3/c1-26(2)33-16-22(34-26)14-29-25(32)30-21-5-3-4-19(12-21)23-15-28-24-13-18(10-11-31(23)24)17-6-8-20(27)9-7-17/h3-13,22-23H,14-16H2,1-2H3,(H2,29,30,32). The molecule has 2 atom stereocenters. The Morgan fingerprint density at radius 1 is 1.24 bits per heavy atom. The molecule has 0 aromatic heterocycles. The summed E-state index contributed by atoms with van der Waals surface area (Å²) in [5.41, 5.74) is 3.69. The van der Waals surface area contributed by atoms with Crippen LogP contribution in [0.1, 0.15) is 31.0 Å². The summed E-state index contributed by atoms with van der Waals surface area (Å²) in [6.45, 7) is 5.14. The molecule has 2 aromatic carbocycles. The topological polar surface area (TPSA) is 75.2 Å². The Balaban J connectivity index is 1.20. The molecule has 0 aliphatic carbocycles. The highest BCUT2D eigenvalue weighted by Gasteiger charge is 2.33. The van der Waals surface area contributed by atoms with Crippen molar-refractivity contribution in [3.05, 3.63) is 83.8 Å². The first-order chi connectivity index (χ1) is 16.4. The second-order valence-corrected chi connectivity index (χ2v) is 8.96. The molecule has 2 unspecified atom stereocenters. The summed E-state index contributed by atoms with van der Waals surface area (Å²) in [4.78, 5) is 19.2. The number of allylic oxidation sites excluding steroid dienone is 2. The van der Waals surface area contributed by atoms with Crippen molar-refractivity contribution in [3.8, 4) is 0 Å². The number of carbonyl (C=O) groups excluding carboxylic acids is 1. The molecule has 2 N–H and O–H groups in total. The molecule has 0 saturated carbocycles. The fourth-order valence-electron chi connectivity index (χ4n) is 4.31. The van der Waals surface area contributed by atoms with Crippen LogP contribution in [0, 0.1) is 5.82 Å². The number of amides is 2. The number of amidine groups is 1. The Bertz CT molecular complexity index is 1170. The molecule has 34 heavy (non-hydrogen) atoms. The van der Waals surface area contributed by atoms with Crippen molar-refractivity contribution in [1.82, 2.24) is 10.2 Å². The van der Waals surface area contributed by atoms with Crippen molar-refractivity contribution >= 4 is 23.1 Å². The van der Waals surface area contributed by atoms with Gasteiger partial charge in [-0.05, 0) is 67.0 Å². The number of rotatable bonds is 5. The molecule has 1 fully saturated rings. The van der Waals surface area contributed by atoms with Crippen molar-refractivity contribution in [3.63, 3.8) is 0 Å². The van der Waals surface area contributed by atoms with Gasteiger partial charge in [0.1, 0.15) is 17.8 Å². The molecule has 0 bridgehead atoms. The Labute approximate surface area is 198 Å². The first-order valence-corrected chi connectivity index (χ1v) is 11.3. The minimum atomic E-state index is -0.614. The molecule has 2 aromatic rings. The van der Waals surface area contributed by atoms with E-state index in [-0.39, 0.29) is 24.0 Å². The number of hydrogen-bond donors (Lipinski definition) is 2. The lowest BCUT2D eigenvalue weighted by Gasteiger charge is -2.26. The zero-order chi connectivity index (χ0) is 23.7. The summed E-state index contributed by atoms with van der Waals surface area (Å²) in [6, 6.07) is 14.0. The third-order valence-corrected chi connectivity index (χ3v) is 5.99. The lowest BCUT2D eigenvalue weighted by atomic mass is 10.0. The molecule has 0 radical (unpaired) electrons. The molecule has 176 valence electrons. The lowest BCUT2D eigenvalue weighted by molar-refractivity contribution is -0.137. The van der Waals surface area contributed by atoms with Gasteiger partial charge in [-0.3, -0.25) is 4.99 Å². The molecule has 3 heterocycles. The van der Waals surface area contributed by atoms with E-state index in [1.807, 2.05) is 56.5 Å². The fraction of sp³-hybridized carbons (Fsp3) is 0.308. The van der Waals surface area contributed by atoms with Crippen LogP contribution in [0.5, 0.6) is 0 Å². The van der Waals surface area contributed by atoms with Crippen molar-refractivity contribution in [1.29, 1.82) is 0 Å². The maximum Gasteiger partial charge on any atom is 0.319 e. The molecule has 3 aliphatic rings. The number of urea groups is 1. The van der Waals surface area contributed by atoms with Crippen LogP contribution < -0.4 is 10.6 Å². The van der Waals surface area contributed by atoms with Crippen LogP contribution in [0.4, 0.5) is 14.9 Å². The summed E-state index contributed by atoms with van der Waals surface area (Å²) in [5.74, 6) is -0.00212. The van der Waals surface area contributed by atoms with E-state index in [1.165, 1.54) is 12.1 Å². The van der Waals surface area contributed by atoms with Crippen LogP contribution in [0.25, 0.3) is 5.57 Å². The van der Waals surface area contributed by atoms with Gasteiger partial charge in [0.15, 0.2) is 5.79 Å². The molecule has 5 rings (SSSR count). The third kappa shape index (κ3) is 4.88. The van der Waals surface area contributed by atoms with Gasteiger partial charge >= 0.3 is 6.03 Å². The summed E-state index contributed by atoms with van der Waals surface area (Å²) >= 11 is 0. The van der Waals surface area contributed by atoms with Crippen molar-refractivity contribution in [2.45, 2.75) is 31.8 Å². The fourth-order valence-corrected chi connectivity index (χ4v) is 4.31.